The molecule has 4 aromatic heterocycles. The predicted molar refractivity (Wildman–Crippen MR) is 253 cm³/mol. The van der Waals surface area contributed by atoms with Crippen LogP contribution in [0.2, 0.25) is 0 Å². The molecule has 0 aliphatic heterocycles. The minimum Gasteiger partial charge on any atom is -0.439 e. The van der Waals surface area contributed by atoms with Crippen LogP contribution in [0.5, 0.6) is 0 Å². The molecule has 0 atom stereocenters. The molecule has 0 fully saturated rings. The Kier molecular flexibility index (Phi) is 7.56. The van der Waals surface area contributed by atoms with Crippen LogP contribution in [0.3, 0.4) is 0 Å². The number of para-hydroxylation sites is 3. The highest BCUT2D eigenvalue weighted by Gasteiger charge is 2.42. The second-order valence-electron chi connectivity index (χ2n) is 16.6. The molecule has 0 unspecified atom stereocenters. The first-order valence-corrected chi connectivity index (χ1v) is 22.7. The van der Waals surface area contributed by atoms with Gasteiger partial charge in [0.1, 0.15) is 11.2 Å². The van der Waals surface area contributed by atoms with E-state index in [9.17, 15) is 0 Å². The number of rotatable bonds is 6. The topological polar surface area (TPSA) is 36.1 Å². The van der Waals surface area contributed by atoms with Crippen LogP contribution in [0.25, 0.3) is 78.6 Å². The standard InChI is InChI=1S/C55H40N2O2Si/c1-55(2)33-31-44-48(32-34-55)57(54-52(44)46-27-11-14-30-50(46)59-54)38-18-16-24-42(36-38)60(39-19-5-3-6-20-39,40-21-7-4-8-22-40)41-23-15-17-37(35-41)56-47-28-12-9-25-43(47)51-45-26-10-13-29-49(45)58-53(51)56/h3-36H,1-2H3. The zero-order chi connectivity index (χ0) is 40.0. The van der Waals surface area contributed by atoms with Gasteiger partial charge in [-0.3, -0.25) is 9.13 Å². The first kappa shape index (κ1) is 34.7. The zero-order valence-corrected chi connectivity index (χ0v) is 34.3. The monoisotopic (exact) mass is 788 g/mol. The minimum atomic E-state index is -3.04. The Hall–Kier alpha value is -7.34. The lowest BCUT2D eigenvalue weighted by molar-refractivity contribution is 0.632. The van der Waals surface area contributed by atoms with Gasteiger partial charge in [-0.1, -0.05) is 172 Å². The van der Waals surface area contributed by atoms with Gasteiger partial charge in [-0.15, -0.1) is 0 Å². The lowest BCUT2D eigenvalue weighted by Crippen LogP contribution is -2.74. The van der Waals surface area contributed by atoms with Crippen LogP contribution in [0.4, 0.5) is 0 Å². The van der Waals surface area contributed by atoms with Gasteiger partial charge in [-0.05, 0) is 69.3 Å². The van der Waals surface area contributed by atoms with Crippen molar-refractivity contribution in [3.63, 3.8) is 0 Å². The number of aromatic nitrogens is 2. The maximum absolute atomic E-state index is 6.81. The molecule has 7 aromatic carbocycles. The molecule has 0 radical (unpaired) electrons. The van der Waals surface area contributed by atoms with Crippen LogP contribution >= 0.6 is 0 Å². The first-order valence-electron chi connectivity index (χ1n) is 20.7. The average molecular weight is 789 g/mol. The number of furan rings is 2. The molecule has 1 aliphatic carbocycles. The number of allylic oxidation sites excluding steroid dienone is 2. The van der Waals surface area contributed by atoms with E-state index in [2.05, 4.69) is 223 Å². The maximum atomic E-state index is 6.81. The maximum Gasteiger partial charge on any atom is 0.213 e. The highest BCUT2D eigenvalue weighted by molar-refractivity contribution is 7.20. The van der Waals surface area contributed by atoms with Crippen LogP contribution < -0.4 is 20.7 Å². The Labute approximate surface area is 348 Å². The van der Waals surface area contributed by atoms with Gasteiger partial charge in [-0.2, -0.15) is 0 Å². The van der Waals surface area contributed by atoms with Crippen molar-refractivity contribution in [3.8, 4) is 11.4 Å². The molecule has 0 saturated carbocycles. The number of nitrogens with zero attached hydrogens (tertiary/aromatic N) is 2. The third-order valence-electron chi connectivity index (χ3n) is 12.6. The quantitative estimate of drug-likeness (QED) is 0.124. The SMILES string of the molecule is CC1(C)C=Cc2c(n(-c3cccc([Si](c4ccccc4)(c4ccccc4)c4cccc(-n5c6ccccc6c6c7ccccc7oc65)c4)c3)c3oc4ccccc4c23)C=C1. The molecule has 5 heteroatoms. The molecule has 0 N–H and O–H groups in total. The summed E-state index contributed by atoms with van der Waals surface area (Å²) in [5, 5.41) is 10.9. The second kappa shape index (κ2) is 13.1. The van der Waals surface area contributed by atoms with Gasteiger partial charge >= 0.3 is 0 Å². The summed E-state index contributed by atoms with van der Waals surface area (Å²) in [7, 11) is -3.04. The molecule has 0 amide bonds. The van der Waals surface area contributed by atoms with Crippen molar-refractivity contribution in [2.45, 2.75) is 13.8 Å². The molecule has 1 aliphatic rings. The van der Waals surface area contributed by atoms with Crippen molar-refractivity contribution in [2.75, 3.05) is 0 Å². The summed E-state index contributed by atoms with van der Waals surface area (Å²) in [4.78, 5) is 0. The molecule has 0 bridgehead atoms. The first-order chi connectivity index (χ1) is 29.5. The molecule has 4 heterocycles. The molecule has 0 spiro atoms. The van der Waals surface area contributed by atoms with E-state index in [0.29, 0.717) is 0 Å². The Bertz CT molecular complexity index is 3480. The van der Waals surface area contributed by atoms with E-state index >= 15 is 0 Å². The van der Waals surface area contributed by atoms with Gasteiger partial charge in [0.05, 0.1) is 22.0 Å². The summed E-state index contributed by atoms with van der Waals surface area (Å²) in [6, 6.07) is 66.2. The van der Waals surface area contributed by atoms with Crippen LogP contribution in [0.15, 0.2) is 203 Å². The van der Waals surface area contributed by atoms with Crippen molar-refractivity contribution >= 4 is 96.0 Å². The highest BCUT2D eigenvalue weighted by Crippen LogP contribution is 2.42. The molecular formula is C55H40N2O2Si. The van der Waals surface area contributed by atoms with E-state index < -0.39 is 8.07 Å². The van der Waals surface area contributed by atoms with Crippen LogP contribution in [-0.2, 0) is 0 Å². The van der Waals surface area contributed by atoms with Gasteiger partial charge in [-0.25, -0.2) is 0 Å². The van der Waals surface area contributed by atoms with Gasteiger partial charge in [0, 0.05) is 38.5 Å². The molecule has 286 valence electrons. The molecule has 0 saturated heterocycles. The van der Waals surface area contributed by atoms with E-state index in [1.165, 1.54) is 31.7 Å². The van der Waals surface area contributed by atoms with Gasteiger partial charge in [0.25, 0.3) is 0 Å². The summed E-state index contributed by atoms with van der Waals surface area (Å²) < 4.78 is 18.2. The van der Waals surface area contributed by atoms with Crippen LogP contribution in [-0.4, -0.2) is 17.2 Å². The van der Waals surface area contributed by atoms with Crippen molar-refractivity contribution in [1.29, 1.82) is 0 Å². The third kappa shape index (κ3) is 5.03. The normalized spacial score (nSPS) is 13.8. The molecule has 4 nitrogen and oxygen atoms in total. The summed E-state index contributed by atoms with van der Waals surface area (Å²) in [5.41, 5.74) is 8.96. The molecule has 60 heavy (non-hydrogen) atoms. The number of fused-ring (bicyclic) bond motifs is 10. The van der Waals surface area contributed by atoms with Crippen LogP contribution in [0, 0.1) is 5.41 Å². The van der Waals surface area contributed by atoms with Gasteiger partial charge in [0.2, 0.25) is 11.4 Å². The van der Waals surface area contributed by atoms with Crippen molar-refractivity contribution < 1.29 is 8.83 Å². The lowest BCUT2D eigenvalue weighted by atomic mass is 9.93. The Morgan fingerprint density at radius 3 is 1.55 bits per heavy atom. The fourth-order valence-electron chi connectivity index (χ4n) is 9.87. The predicted octanol–water partition coefficient (Wildman–Crippen LogP) is 11.7. The highest BCUT2D eigenvalue weighted by atomic mass is 28.3. The smallest absolute Gasteiger partial charge is 0.213 e. The number of hydrogen-bond donors (Lipinski definition) is 0. The Morgan fingerprint density at radius 1 is 0.433 bits per heavy atom. The molecule has 12 rings (SSSR count). The Morgan fingerprint density at radius 2 is 0.917 bits per heavy atom. The van der Waals surface area contributed by atoms with E-state index in [-0.39, 0.29) is 5.41 Å². The third-order valence-corrected chi connectivity index (χ3v) is 17.4. The van der Waals surface area contributed by atoms with Gasteiger partial charge < -0.3 is 8.83 Å². The molecular weight excluding hydrogens is 749 g/mol. The fraction of sp³-hybridized carbons (Fsp3) is 0.0545. The lowest BCUT2D eigenvalue weighted by Gasteiger charge is -2.35. The van der Waals surface area contributed by atoms with E-state index in [4.69, 9.17) is 8.83 Å². The minimum absolute atomic E-state index is 0.0930. The van der Waals surface area contributed by atoms with Crippen molar-refractivity contribution in [1.82, 2.24) is 9.13 Å². The van der Waals surface area contributed by atoms with E-state index in [1.54, 1.807) is 0 Å². The zero-order valence-electron chi connectivity index (χ0n) is 33.3. The Balaban J connectivity index is 1.15. The summed E-state index contributed by atoms with van der Waals surface area (Å²) in [5.74, 6) is 0. The second-order valence-corrected chi connectivity index (χ2v) is 20.4. The average Bonchev–Trinajstić information content (AvgIpc) is 4.00. The van der Waals surface area contributed by atoms with E-state index in [0.717, 1.165) is 66.7 Å². The summed E-state index contributed by atoms with van der Waals surface area (Å²) in [6.45, 7) is 4.51. The van der Waals surface area contributed by atoms with E-state index in [1.807, 2.05) is 6.07 Å². The summed E-state index contributed by atoms with van der Waals surface area (Å²) >= 11 is 0. The number of hydrogen-bond acceptors (Lipinski definition) is 2. The van der Waals surface area contributed by atoms with Crippen LogP contribution in [0.1, 0.15) is 25.1 Å². The molecule has 11 aromatic rings. The van der Waals surface area contributed by atoms with Crippen molar-refractivity contribution in [2.24, 2.45) is 5.41 Å². The largest absolute Gasteiger partial charge is 0.439 e. The van der Waals surface area contributed by atoms with Gasteiger partial charge in [0.15, 0.2) is 8.07 Å². The fourth-order valence-corrected chi connectivity index (χ4v) is 14.7. The van der Waals surface area contributed by atoms with Crippen molar-refractivity contribution in [3.05, 3.63) is 205 Å². The number of benzene rings is 7. The summed E-state index contributed by atoms with van der Waals surface area (Å²) in [6.07, 6.45) is 9.19.